The first-order valence-corrected chi connectivity index (χ1v) is 9.67. The molecule has 0 aliphatic heterocycles. The van der Waals surface area contributed by atoms with Crippen molar-refractivity contribution in [1.29, 1.82) is 5.41 Å². The Balaban J connectivity index is 2.56. The Morgan fingerprint density at radius 1 is 1.61 bits per heavy atom. The van der Waals surface area contributed by atoms with Crippen molar-refractivity contribution in [2.24, 2.45) is 5.73 Å². The maximum Gasteiger partial charge on any atom is 0.325 e. The number of alkyl halides is 4. The molecule has 1 heterocycles. The number of thioether (sulfide) groups is 1. The number of guanidine groups is 1. The second-order valence-electron chi connectivity index (χ2n) is 5.21. The normalized spacial score (nSPS) is 12.1. The van der Waals surface area contributed by atoms with Crippen LogP contribution in [0.15, 0.2) is 17.4 Å². The van der Waals surface area contributed by atoms with Gasteiger partial charge in [0, 0.05) is 30.5 Å². The van der Waals surface area contributed by atoms with E-state index in [4.69, 9.17) is 11.1 Å². The average molecular weight is 445 g/mol. The summed E-state index contributed by atoms with van der Waals surface area (Å²) >= 11 is 2.32. The minimum Gasteiger partial charge on any atom is -0.370 e. The zero-order chi connectivity index (χ0) is 21.3. The summed E-state index contributed by atoms with van der Waals surface area (Å²) in [6.07, 6.45) is -3.09. The van der Waals surface area contributed by atoms with Crippen molar-refractivity contribution in [3.05, 3.63) is 33.2 Å². The monoisotopic (exact) mass is 445 g/mol. The number of nitro groups is 1. The number of nitrogens with one attached hydrogen (secondary N) is 3. The molecule has 0 saturated carbocycles. The van der Waals surface area contributed by atoms with Crippen LogP contribution in [0.2, 0.25) is 0 Å². The van der Waals surface area contributed by atoms with Crippen LogP contribution in [0, 0.1) is 15.5 Å². The molecule has 5 N–H and O–H groups in total. The third kappa shape index (κ3) is 7.75. The molecule has 0 fully saturated rings. The van der Waals surface area contributed by atoms with Crippen molar-refractivity contribution in [3.8, 4) is 0 Å². The molecule has 0 amide bonds. The molecule has 0 radical (unpaired) electrons. The van der Waals surface area contributed by atoms with E-state index in [1.54, 1.807) is 5.38 Å². The van der Waals surface area contributed by atoms with Crippen molar-refractivity contribution < 1.29 is 22.5 Å². The topological polar surface area (TPSA) is 133 Å². The summed E-state index contributed by atoms with van der Waals surface area (Å²) in [5.41, 5.74) is 5.73. The van der Waals surface area contributed by atoms with Crippen molar-refractivity contribution >= 4 is 34.2 Å². The lowest BCUT2D eigenvalue weighted by Crippen LogP contribution is -2.47. The van der Waals surface area contributed by atoms with E-state index in [2.05, 4.69) is 15.6 Å². The molecule has 0 atom stereocenters. The van der Waals surface area contributed by atoms with Crippen LogP contribution >= 0.6 is 23.1 Å². The van der Waals surface area contributed by atoms with Crippen LogP contribution < -0.4 is 21.3 Å². The van der Waals surface area contributed by atoms with Crippen molar-refractivity contribution in [3.63, 3.8) is 0 Å². The summed E-state index contributed by atoms with van der Waals surface area (Å²) in [4.78, 5) is 14.4. The van der Waals surface area contributed by atoms with Gasteiger partial charge in [-0.1, -0.05) is 0 Å². The van der Waals surface area contributed by atoms with Crippen LogP contribution in [0.1, 0.15) is 5.69 Å². The van der Waals surface area contributed by atoms with Crippen LogP contribution in [0.25, 0.3) is 0 Å². The molecule has 0 saturated heterocycles. The van der Waals surface area contributed by atoms with E-state index < -0.39 is 29.8 Å². The van der Waals surface area contributed by atoms with E-state index in [-0.39, 0.29) is 11.0 Å². The van der Waals surface area contributed by atoms with Gasteiger partial charge in [0.15, 0.2) is 16.9 Å². The predicted molar refractivity (Wildman–Crippen MR) is 101 cm³/mol. The van der Waals surface area contributed by atoms with Gasteiger partial charge in [0.1, 0.15) is 0 Å². The van der Waals surface area contributed by atoms with Gasteiger partial charge in [-0.2, -0.15) is 20.5 Å². The first-order valence-electron chi connectivity index (χ1n) is 7.63. The molecule has 28 heavy (non-hydrogen) atoms. The Labute approximate surface area is 166 Å². The lowest BCUT2D eigenvalue weighted by Gasteiger charge is -2.24. The highest BCUT2D eigenvalue weighted by atomic mass is 32.2. The van der Waals surface area contributed by atoms with Crippen LogP contribution in [0.3, 0.4) is 0 Å². The number of anilines is 1. The molecule has 0 unspecified atom stereocenters. The minimum atomic E-state index is -4.33. The van der Waals surface area contributed by atoms with Gasteiger partial charge in [-0.3, -0.25) is 20.4 Å². The molecule has 1 aromatic rings. The van der Waals surface area contributed by atoms with Gasteiger partial charge in [-0.25, -0.2) is 13.8 Å². The summed E-state index contributed by atoms with van der Waals surface area (Å²) < 4.78 is 51.3. The van der Waals surface area contributed by atoms with E-state index in [0.717, 1.165) is 17.5 Å². The largest absolute Gasteiger partial charge is 0.370 e. The van der Waals surface area contributed by atoms with Gasteiger partial charge < -0.3 is 16.4 Å². The molecule has 158 valence electrons. The lowest BCUT2D eigenvalue weighted by atomic mass is 10.3. The second kappa shape index (κ2) is 10.9. The van der Waals surface area contributed by atoms with E-state index in [9.17, 15) is 27.7 Å². The van der Waals surface area contributed by atoms with E-state index in [1.807, 2.05) is 0 Å². The fourth-order valence-corrected chi connectivity index (χ4v) is 3.45. The number of aromatic nitrogens is 1. The van der Waals surface area contributed by atoms with Gasteiger partial charge in [-0.05, 0) is 0 Å². The third-order valence-electron chi connectivity index (χ3n) is 3.07. The smallest absolute Gasteiger partial charge is 0.325 e. The Kier molecular flexibility index (Phi) is 9.24. The van der Waals surface area contributed by atoms with Gasteiger partial charge in [0.05, 0.1) is 17.2 Å². The standard InChI is InChI=1S/C13H19F4N7O2S2/c1-20-9(4-24(25)26)21-2-3-27-5-8-6-28-12(22-8)23(11(18)19)7-13(16,17)10(14)15/h4,6,10,20-21H,2-3,5,7H2,1H3,(H3,18,19)/b9-4+. The highest BCUT2D eigenvalue weighted by molar-refractivity contribution is 7.98. The highest BCUT2D eigenvalue weighted by Crippen LogP contribution is 2.29. The molecule has 15 heteroatoms. The average Bonchev–Trinajstić information content (AvgIpc) is 3.06. The minimum absolute atomic E-state index is 0.0760. The molecule has 0 bridgehead atoms. The Bertz CT molecular complexity index is 702. The first kappa shape index (κ1) is 23.7. The van der Waals surface area contributed by atoms with Crippen molar-refractivity contribution in [2.75, 3.05) is 30.8 Å². The Morgan fingerprint density at radius 3 is 2.82 bits per heavy atom. The van der Waals surface area contributed by atoms with Crippen LogP contribution in [-0.2, 0) is 5.75 Å². The van der Waals surface area contributed by atoms with E-state index in [0.29, 0.717) is 28.6 Å². The Morgan fingerprint density at radius 2 is 2.29 bits per heavy atom. The summed E-state index contributed by atoms with van der Waals surface area (Å²) in [5.74, 6) is -3.94. The second-order valence-corrected chi connectivity index (χ2v) is 7.15. The Hall–Kier alpha value is -2.29. The first-order chi connectivity index (χ1) is 13.1. The number of hydrogen-bond donors (Lipinski definition) is 4. The maximum absolute atomic E-state index is 13.3. The molecule has 0 aliphatic rings. The molecule has 1 aromatic heterocycles. The fourth-order valence-electron chi connectivity index (χ4n) is 1.76. The van der Waals surface area contributed by atoms with Gasteiger partial charge in [0.25, 0.3) is 6.20 Å². The van der Waals surface area contributed by atoms with Gasteiger partial charge >= 0.3 is 12.3 Å². The third-order valence-corrected chi connectivity index (χ3v) is 4.97. The SMILES string of the molecule is CN/C(=C\[N+](=O)[O-])NCCSCc1csc(N(CC(F)(F)C(F)F)C(=N)N)n1. The zero-order valence-corrected chi connectivity index (χ0v) is 16.3. The molecule has 1 rings (SSSR count). The van der Waals surface area contributed by atoms with E-state index in [1.165, 1.54) is 18.8 Å². The molecular formula is C13H19F4N7O2S2. The molecule has 0 aromatic carbocycles. The summed E-state index contributed by atoms with van der Waals surface area (Å²) in [6, 6.07) is 0. The summed E-state index contributed by atoms with van der Waals surface area (Å²) in [5, 5.41) is 24.7. The fraction of sp³-hybridized carbons (Fsp3) is 0.538. The van der Waals surface area contributed by atoms with Crippen molar-refractivity contribution in [2.45, 2.75) is 18.1 Å². The van der Waals surface area contributed by atoms with Crippen molar-refractivity contribution in [1.82, 2.24) is 15.6 Å². The number of halogens is 4. The molecular weight excluding hydrogens is 426 g/mol. The maximum atomic E-state index is 13.3. The summed E-state index contributed by atoms with van der Waals surface area (Å²) in [7, 11) is 1.53. The molecule has 9 nitrogen and oxygen atoms in total. The van der Waals surface area contributed by atoms with Crippen LogP contribution in [0.5, 0.6) is 0 Å². The number of thiazole rings is 1. The predicted octanol–water partition coefficient (Wildman–Crippen LogP) is 1.86. The van der Waals surface area contributed by atoms with Gasteiger partial charge in [0.2, 0.25) is 0 Å². The summed E-state index contributed by atoms with van der Waals surface area (Å²) in [6.45, 7) is -1.03. The number of nitrogens with zero attached hydrogens (tertiary/aromatic N) is 3. The van der Waals surface area contributed by atoms with Crippen LogP contribution in [-0.4, -0.2) is 54.1 Å². The lowest BCUT2D eigenvalue weighted by molar-refractivity contribution is -0.404. The van der Waals surface area contributed by atoms with Crippen LogP contribution in [0.4, 0.5) is 22.7 Å². The number of nitrogens with two attached hydrogens (primary N) is 1. The quantitative estimate of drug-likeness (QED) is 0.0957. The number of hydrogen-bond acceptors (Lipinski definition) is 8. The molecule has 0 aliphatic carbocycles. The van der Waals surface area contributed by atoms with E-state index >= 15 is 0 Å². The zero-order valence-electron chi connectivity index (χ0n) is 14.6. The highest BCUT2D eigenvalue weighted by Gasteiger charge is 2.43. The molecule has 0 spiro atoms. The van der Waals surface area contributed by atoms with Gasteiger partial charge in [-0.15, -0.1) is 11.3 Å². The number of rotatable bonds is 12.